The summed E-state index contributed by atoms with van der Waals surface area (Å²) in [6, 6.07) is 9.34. The van der Waals surface area contributed by atoms with Crippen molar-refractivity contribution in [2.45, 2.75) is 18.9 Å². The van der Waals surface area contributed by atoms with Crippen molar-refractivity contribution < 1.29 is 14.3 Å². The minimum absolute atomic E-state index is 0.0244. The molecule has 0 bridgehead atoms. The molecule has 0 radical (unpaired) electrons. The number of nitrogens with zero attached hydrogens (tertiary/aromatic N) is 3. The highest BCUT2D eigenvalue weighted by Crippen LogP contribution is 2.17. The second-order valence-corrected chi connectivity index (χ2v) is 5.80. The van der Waals surface area contributed by atoms with E-state index >= 15 is 0 Å². The fourth-order valence-corrected chi connectivity index (χ4v) is 2.70. The summed E-state index contributed by atoms with van der Waals surface area (Å²) < 4.78 is 10.9. The molecule has 1 fully saturated rings. The minimum Gasteiger partial charge on any atom is -0.497 e. The van der Waals surface area contributed by atoms with Gasteiger partial charge in [-0.15, -0.1) is 0 Å². The third-order valence-corrected chi connectivity index (χ3v) is 4.13. The van der Waals surface area contributed by atoms with Crippen LogP contribution in [0.1, 0.15) is 18.4 Å². The molecule has 0 saturated carbocycles. The summed E-state index contributed by atoms with van der Waals surface area (Å²) >= 11 is 0. The molecule has 1 amide bonds. The maximum Gasteiger partial charge on any atom is 0.246 e. The van der Waals surface area contributed by atoms with E-state index in [1.807, 2.05) is 35.2 Å². The number of ether oxygens (including phenoxy) is 2. The Morgan fingerprint density at radius 3 is 2.60 bits per heavy atom. The average Bonchev–Trinajstić information content (AvgIpc) is 2.68. The van der Waals surface area contributed by atoms with E-state index in [-0.39, 0.29) is 12.0 Å². The normalized spacial score (nSPS) is 15.3. The number of aromatic nitrogens is 2. The number of hydrogen-bond donors (Lipinski definition) is 0. The van der Waals surface area contributed by atoms with E-state index in [1.165, 1.54) is 6.33 Å². The monoisotopic (exact) mass is 339 g/mol. The van der Waals surface area contributed by atoms with Gasteiger partial charge in [0.25, 0.3) is 0 Å². The van der Waals surface area contributed by atoms with Crippen molar-refractivity contribution in [2.24, 2.45) is 0 Å². The Bertz CT molecular complexity index is 708. The number of hydrogen-bond acceptors (Lipinski definition) is 5. The Balaban J connectivity index is 1.48. The first-order chi connectivity index (χ1) is 12.2. The third kappa shape index (κ3) is 4.79. The summed E-state index contributed by atoms with van der Waals surface area (Å²) in [5.74, 6) is 1.41. The SMILES string of the molecule is COc1ccc(/C=C/C(=O)N2CCC(Oc3ccncn3)CC2)cc1. The zero-order valence-corrected chi connectivity index (χ0v) is 14.2. The number of rotatable bonds is 5. The van der Waals surface area contributed by atoms with Crippen molar-refractivity contribution >= 4 is 12.0 Å². The summed E-state index contributed by atoms with van der Waals surface area (Å²) in [5, 5.41) is 0. The van der Waals surface area contributed by atoms with Gasteiger partial charge in [0.2, 0.25) is 11.8 Å². The van der Waals surface area contributed by atoms with Crippen LogP contribution in [0, 0.1) is 0 Å². The summed E-state index contributed by atoms with van der Waals surface area (Å²) in [5.41, 5.74) is 0.969. The highest BCUT2D eigenvalue weighted by Gasteiger charge is 2.22. The molecule has 1 aliphatic rings. The first kappa shape index (κ1) is 17.0. The number of piperidine rings is 1. The van der Waals surface area contributed by atoms with Crippen molar-refractivity contribution in [2.75, 3.05) is 20.2 Å². The van der Waals surface area contributed by atoms with E-state index in [2.05, 4.69) is 9.97 Å². The predicted octanol–water partition coefficient (Wildman–Crippen LogP) is 2.57. The van der Waals surface area contributed by atoms with Gasteiger partial charge in [-0.3, -0.25) is 4.79 Å². The summed E-state index contributed by atoms with van der Waals surface area (Å²) in [4.78, 5) is 22.1. The first-order valence-corrected chi connectivity index (χ1v) is 8.28. The Morgan fingerprint density at radius 2 is 1.96 bits per heavy atom. The van der Waals surface area contributed by atoms with E-state index in [9.17, 15) is 4.79 Å². The maximum absolute atomic E-state index is 12.3. The lowest BCUT2D eigenvalue weighted by Gasteiger charge is -2.31. The van der Waals surface area contributed by atoms with Gasteiger partial charge in [-0.1, -0.05) is 12.1 Å². The minimum atomic E-state index is 0.0244. The van der Waals surface area contributed by atoms with Crippen LogP contribution in [0.3, 0.4) is 0 Å². The quantitative estimate of drug-likeness (QED) is 0.784. The second-order valence-electron chi connectivity index (χ2n) is 5.80. The van der Waals surface area contributed by atoms with Crippen LogP contribution >= 0.6 is 0 Å². The van der Waals surface area contributed by atoms with E-state index in [0.717, 1.165) is 24.2 Å². The molecule has 2 aromatic rings. The molecule has 1 aromatic carbocycles. The number of amides is 1. The average molecular weight is 339 g/mol. The molecule has 0 aliphatic carbocycles. The van der Waals surface area contributed by atoms with E-state index in [0.29, 0.717) is 19.0 Å². The third-order valence-electron chi connectivity index (χ3n) is 4.13. The molecule has 0 spiro atoms. The van der Waals surface area contributed by atoms with Crippen molar-refractivity contribution in [1.29, 1.82) is 0 Å². The largest absolute Gasteiger partial charge is 0.497 e. The van der Waals surface area contributed by atoms with Gasteiger partial charge in [0.15, 0.2) is 0 Å². The van der Waals surface area contributed by atoms with Crippen LogP contribution in [-0.2, 0) is 4.79 Å². The first-order valence-electron chi connectivity index (χ1n) is 8.28. The molecule has 2 heterocycles. The van der Waals surface area contributed by atoms with Gasteiger partial charge >= 0.3 is 0 Å². The van der Waals surface area contributed by atoms with Crippen LogP contribution in [0.4, 0.5) is 0 Å². The second kappa shape index (κ2) is 8.28. The Labute approximate surface area is 147 Å². The molecule has 1 aliphatic heterocycles. The number of likely N-dealkylation sites (tertiary alicyclic amines) is 1. The van der Waals surface area contributed by atoms with Crippen LogP contribution in [0.15, 0.2) is 48.9 Å². The van der Waals surface area contributed by atoms with Crippen LogP contribution in [0.5, 0.6) is 11.6 Å². The molecule has 25 heavy (non-hydrogen) atoms. The molecule has 1 aromatic heterocycles. The fourth-order valence-electron chi connectivity index (χ4n) is 2.70. The number of carbonyl (C=O) groups excluding carboxylic acids is 1. The molecule has 6 heteroatoms. The van der Waals surface area contributed by atoms with Gasteiger partial charge in [0.05, 0.1) is 7.11 Å². The van der Waals surface area contributed by atoms with E-state index < -0.39 is 0 Å². The van der Waals surface area contributed by atoms with Crippen LogP contribution in [-0.4, -0.2) is 47.1 Å². The molecule has 1 saturated heterocycles. The maximum atomic E-state index is 12.3. The molecule has 0 N–H and O–H groups in total. The van der Waals surface area contributed by atoms with Gasteiger partial charge in [-0.2, -0.15) is 0 Å². The molecule has 0 unspecified atom stereocenters. The summed E-state index contributed by atoms with van der Waals surface area (Å²) in [6.45, 7) is 1.36. The highest BCUT2D eigenvalue weighted by molar-refractivity contribution is 5.91. The Kier molecular flexibility index (Phi) is 5.61. The molecule has 6 nitrogen and oxygen atoms in total. The Hall–Kier alpha value is -2.89. The smallest absolute Gasteiger partial charge is 0.246 e. The molecular formula is C19H21N3O3. The number of benzene rings is 1. The molecular weight excluding hydrogens is 318 g/mol. The van der Waals surface area contributed by atoms with Crippen molar-refractivity contribution in [3.63, 3.8) is 0 Å². The lowest BCUT2D eigenvalue weighted by Crippen LogP contribution is -2.41. The lowest BCUT2D eigenvalue weighted by atomic mass is 10.1. The Morgan fingerprint density at radius 1 is 1.20 bits per heavy atom. The summed E-state index contributed by atoms with van der Waals surface area (Å²) in [7, 11) is 1.63. The van der Waals surface area contributed by atoms with E-state index in [4.69, 9.17) is 9.47 Å². The van der Waals surface area contributed by atoms with Gasteiger partial charge in [0.1, 0.15) is 18.2 Å². The lowest BCUT2D eigenvalue weighted by molar-refractivity contribution is -0.127. The van der Waals surface area contributed by atoms with Crippen LogP contribution in [0.25, 0.3) is 6.08 Å². The van der Waals surface area contributed by atoms with Crippen molar-refractivity contribution in [1.82, 2.24) is 14.9 Å². The van der Waals surface area contributed by atoms with Crippen LogP contribution in [0.2, 0.25) is 0 Å². The highest BCUT2D eigenvalue weighted by atomic mass is 16.5. The van der Waals surface area contributed by atoms with Crippen molar-refractivity contribution in [3.05, 3.63) is 54.5 Å². The van der Waals surface area contributed by atoms with Crippen LogP contribution < -0.4 is 9.47 Å². The zero-order valence-electron chi connectivity index (χ0n) is 14.2. The molecule has 3 rings (SSSR count). The number of carbonyl (C=O) groups is 1. The van der Waals surface area contributed by atoms with Gasteiger partial charge in [-0.25, -0.2) is 9.97 Å². The summed E-state index contributed by atoms with van der Waals surface area (Å²) in [6.07, 6.45) is 8.25. The van der Waals surface area contributed by atoms with E-state index in [1.54, 1.807) is 25.4 Å². The topological polar surface area (TPSA) is 64.5 Å². The number of methoxy groups -OCH3 is 1. The molecule has 130 valence electrons. The van der Waals surface area contributed by atoms with Crippen molar-refractivity contribution in [3.8, 4) is 11.6 Å². The van der Waals surface area contributed by atoms with Gasteiger partial charge in [0, 0.05) is 44.3 Å². The molecule has 0 atom stereocenters. The zero-order chi connectivity index (χ0) is 17.5. The standard InChI is InChI=1S/C19H21N3O3/c1-24-16-5-2-15(3-6-16)4-7-19(23)22-12-9-17(10-13-22)25-18-8-11-20-14-21-18/h2-8,11,14,17H,9-10,12-13H2,1H3/b7-4+. The fraction of sp³-hybridized carbons (Fsp3) is 0.316. The van der Waals surface area contributed by atoms with Gasteiger partial charge in [-0.05, 0) is 23.8 Å². The van der Waals surface area contributed by atoms with Gasteiger partial charge < -0.3 is 14.4 Å². The predicted molar refractivity (Wildman–Crippen MR) is 94.3 cm³/mol.